The Morgan fingerprint density at radius 2 is 2.30 bits per heavy atom. The van der Waals surface area contributed by atoms with Crippen molar-refractivity contribution in [3.05, 3.63) is 29.3 Å². The van der Waals surface area contributed by atoms with Crippen LogP contribution in [-0.4, -0.2) is 42.1 Å². The quantitative estimate of drug-likeness (QED) is 0.886. The van der Waals surface area contributed by atoms with Gasteiger partial charge in [0.2, 0.25) is 0 Å². The molecule has 1 aromatic carbocycles. The van der Waals surface area contributed by atoms with E-state index in [-0.39, 0.29) is 11.7 Å². The van der Waals surface area contributed by atoms with Gasteiger partial charge in [0.25, 0.3) is 5.91 Å². The van der Waals surface area contributed by atoms with Crippen LogP contribution in [0.4, 0.5) is 0 Å². The highest BCUT2D eigenvalue weighted by Gasteiger charge is 2.21. The smallest absolute Gasteiger partial charge is 0.253 e. The fourth-order valence-corrected chi connectivity index (χ4v) is 2.67. The minimum Gasteiger partial charge on any atom is -0.508 e. The Kier molecular flexibility index (Phi) is 5.01. The second-order valence-electron chi connectivity index (χ2n) is 5.56. The van der Waals surface area contributed by atoms with Crippen LogP contribution in [0.3, 0.4) is 0 Å². The first kappa shape index (κ1) is 14.9. The molecule has 1 aromatic rings. The van der Waals surface area contributed by atoms with Crippen LogP contribution in [-0.2, 0) is 0 Å². The fraction of sp³-hybridized carbons (Fsp3) is 0.562. The van der Waals surface area contributed by atoms with Crippen molar-refractivity contribution in [2.45, 2.75) is 26.7 Å². The van der Waals surface area contributed by atoms with Crippen LogP contribution in [0.1, 0.15) is 35.7 Å². The molecule has 20 heavy (non-hydrogen) atoms. The Balaban J connectivity index is 2.05. The van der Waals surface area contributed by atoms with Gasteiger partial charge in [0.15, 0.2) is 0 Å². The van der Waals surface area contributed by atoms with Crippen LogP contribution in [0.2, 0.25) is 0 Å². The molecule has 0 aromatic heterocycles. The van der Waals surface area contributed by atoms with E-state index in [4.69, 9.17) is 0 Å². The normalized spacial score (nSPS) is 18.8. The molecular weight excluding hydrogens is 252 g/mol. The second kappa shape index (κ2) is 6.75. The summed E-state index contributed by atoms with van der Waals surface area (Å²) in [7, 11) is 0. The lowest BCUT2D eigenvalue weighted by Gasteiger charge is -2.29. The summed E-state index contributed by atoms with van der Waals surface area (Å²) in [6.45, 7) is 7.39. The molecule has 1 fully saturated rings. The summed E-state index contributed by atoms with van der Waals surface area (Å²) in [6.07, 6.45) is 2.36. The minimum absolute atomic E-state index is 0.00775. The van der Waals surface area contributed by atoms with Crippen molar-refractivity contribution in [3.63, 3.8) is 0 Å². The highest BCUT2D eigenvalue weighted by molar-refractivity contribution is 5.94. The van der Waals surface area contributed by atoms with Crippen LogP contribution in [0.5, 0.6) is 5.75 Å². The molecule has 4 nitrogen and oxygen atoms in total. The summed E-state index contributed by atoms with van der Waals surface area (Å²) in [6, 6.07) is 5.15. The molecule has 1 atom stereocenters. The van der Waals surface area contributed by atoms with Crippen LogP contribution in [0, 0.1) is 12.8 Å². The zero-order valence-electron chi connectivity index (χ0n) is 12.4. The summed E-state index contributed by atoms with van der Waals surface area (Å²) in [5.41, 5.74) is 1.36. The van der Waals surface area contributed by atoms with Gasteiger partial charge in [-0.1, -0.05) is 6.07 Å². The summed E-state index contributed by atoms with van der Waals surface area (Å²) in [5.74, 6) is 0.728. The minimum atomic E-state index is 0.00775. The summed E-state index contributed by atoms with van der Waals surface area (Å²) < 4.78 is 0. The Morgan fingerprint density at radius 1 is 1.50 bits per heavy atom. The van der Waals surface area contributed by atoms with E-state index >= 15 is 0 Å². The molecule has 2 N–H and O–H groups in total. The molecule has 1 amide bonds. The third kappa shape index (κ3) is 3.51. The van der Waals surface area contributed by atoms with E-state index in [1.807, 2.05) is 18.7 Å². The standard InChI is InChI=1S/C16H24N2O2/c1-3-18(11-13-5-4-8-17-10-13)16(20)14-7-6-12(2)15(19)9-14/h6-7,9,13,17,19H,3-5,8,10-11H2,1-2H3. The number of phenols is 1. The largest absolute Gasteiger partial charge is 0.508 e. The third-order valence-electron chi connectivity index (χ3n) is 4.00. The molecule has 1 unspecified atom stereocenters. The number of phenolic OH excluding ortho intramolecular Hbond substituents is 1. The maximum atomic E-state index is 12.5. The third-order valence-corrected chi connectivity index (χ3v) is 4.00. The van der Waals surface area contributed by atoms with Gasteiger partial charge in [-0.2, -0.15) is 0 Å². The molecule has 1 aliphatic heterocycles. The Morgan fingerprint density at radius 3 is 2.90 bits per heavy atom. The number of carbonyl (C=O) groups is 1. The Labute approximate surface area is 120 Å². The van der Waals surface area contributed by atoms with Gasteiger partial charge in [0.1, 0.15) is 5.75 Å². The summed E-state index contributed by atoms with van der Waals surface area (Å²) in [5, 5.41) is 13.1. The van der Waals surface area contributed by atoms with Gasteiger partial charge in [0, 0.05) is 18.7 Å². The average molecular weight is 276 g/mol. The van der Waals surface area contributed by atoms with Gasteiger partial charge in [-0.25, -0.2) is 0 Å². The van der Waals surface area contributed by atoms with Crippen molar-refractivity contribution in [2.75, 3.05) is 26.2 Å². The summed E-state index contributed by atoms with van der Waals surface area (Å²) in [4.78, 5) is 14.4. The van der Waals surface area contributed by atoms with Crippen LogP contribution >= 0.6 is 0 Å². The molecule has 1 saturated heterocycles. The van der Waals surface area contributed by atoms with E-state index in [1.165, 1.54) is 12.8 Å². The Bertz CT molecular complexity index is 468. The molecule has 0 saturated carbocycles. The SMILES string of the molecule is CCN(CC1CCCNC1)C(=O)c1ccc(C)c(O)c1. The van der Waals surface area contributed by atoms with Crippen molar-refractivity contribution >= 4 is 5.91 Å². The zero-order chi connectivity index (χ0) is 14.5. The van der Waals surface area contributed by atoms with Crippen molar-refractivity contribution in [1.82, 2.24) is 10.2 Å². The summed E-state index contributed by atoms with van der Waals surface area (Å²) >= 11 is 0. The monoisotopic (exact) mass is 276 g/mol. The van der Waals surface area contributed by atoms with Gasteiger partial charge in [-0.05, 0) is 63.4 Å². The molecule has 4 heteroatoms. The average Bonchev–Trinajstić information content (AvgIpc) is 2.48. The van der Waals surface area contributed by atoms with Crippen molar-refractivity contribution < 1.29 is 9.90 Å². The van der Waals surface area contributed by atoms with E-state index in [0.29, 0.717) is 18.0 Å². The topological polar surface area (TPSA) is 52.6 Å². The fourth-order valence-electron chi connectivity index (χ4n) is 2.67. The molecular formula is C16H24N2O2. The van der Waals surface area contributed by atoms with Gasteiger partial charge in [-0.3, -0.25) is 4.79 Å². The number of hydrogen-bond donors (Lipinski definition) is 2. The molecule has 0 bridgehead atoms. The number of hydrogen-bond acceptors (Lipinski definition) is 3. The van der Waals surface area contributed by atoms with Gasteiger partial charge in [0.05, 0.1) is 0 Å². The molecule has 2 rings (SSSR count). The van der Waals surface area contributed by atoms with Crippen molar-refractivity contribution in [1.29, 1.82) is 0 Å². The molecule has 0 spiro atoms. The molecule has 110 valence electrons. The maximum absolute atomic E-state index is 12.5. The van der Waals surface area contributed by atoms with E-state index in [2.05, 4.69) is 5.32 Å². The van der Waals surface area contributed by atoms with E-state index in [9.17, 15) is 9.90 Å². The molecule has 0 aliphatic carbocycles. The van der Waals surface area contributed by atoms with E-state index < -0.39 is 0 Å². The highest BCUT2D eigenvalue weighted by atomic mass is 16.3. The number of aryl methyl sites for hydroxylation is 1. The molecule has 0 radical (unpaired) electrons. The van der Waals surface area contributed by atoms with Gasteiger partial charge < -0.3 is 15.3 Å². The predicted octanol–water partition coefficient (Wildman–Crippen LogP) is 2.16. The Hall–Kier alpha value is -1.55. The first-order valence-electron chi connectivity index (χ1n) is 7.41. The van der Waals surface area contributed by atoms with Gasteiger partial charge >= 0.3 is 0 Å². The van der Waals surface area contributed by atoms with Crippen LogP contribution < -0.4 is 5.32 Å². The number of benzene rings is 1. The van der Waals surface area contributed by atoms with Crippen molar-refractivity contribution in [2.24, 2.45) is 5.92 Å². The predicted molar refractivity (Wildman–Crippen MR) is 80.0 cm³/mol. The number of piperidine rings is 1. The van der Waals surface area contributed by atoms with Crippen molar-refractivity contribution in [3.8, 4) is 5.75 Å². The zero-order valence-corrected chi connectivity index (χ0v) is 12.4. The number of nitrogens with one attached hydrogen (secondary N) is 1. The number of amides is 1. The first-order valence-corrected chi connectivity index (χ1v) is 7.41. The van der Waals surface area contributed by atoms with Crippen LogP contribution in [0.25, 0.3) is 0 Å². The number of nitrogens with zero attached hydrogens (tertiary/aromatic N) is 1. The second-order valence-corrected chi connectivity index (χ2v) is 5.56. The van der Waals surface area contributed by atoms with E-state index in [0.717, 1.165) is 25.2 Å². The van der Waals surface area contributed by atoms with Crippen LogP contribution in [0.15, 0.2) is 18.2 Å². The lowest BCUT2D eigenvalue weighted by molar-refractivity contribution is 0.0728. The number of carbonyl (C=O) groups excluding carboxylic acids is 1. The molecule has 1 heterocycles. The molecule has 1 aliphatic rings. The lowest BCUT2D eigenvalue weighted by atomic mass is 9.98. The first-order chi connectivity index (χ1) is 9.61. The number of aromatic hydroxyl groups is 1. The lowest BCUT2D eigenvalue weighted by Crippen LogP contribution is -2.41. The highest BCUT2D eigenvalue weighted by Crippen LogP contribution is 2.20. The van der Waals surface area contributed by atoms with E-state index in [1.54, 1.807) is 18.2 Å². The maximum Gasteiger partial charge on any atom is 0.253 e. The number of rotatable bonds is 4. The van der Waals surface area contributed by atoms with Gasteiger partial charge in [-0.15, -0.1) is 0 Å².